The van der Waals surface area contributed by atoms with Crippen molar-refractivity contribution in [2.45, 2.75) is 187 Å². The number of nitrogens with zero attached hydrogens (tertiary/aromatic N) is 1. The standard InChI is InChI=1S/C46H81NO5/c1-6-8-10-12-14-16-18-20-22-24-26-28-30-32-34-37-43(3)50-41-44(42-51-45(48)39-36-40-47(4)5)52-46(49)38-35-33-31-29-27-25-23-21-19-17-15-13-11-9-7-2/h14-17,20-23,44H,3,6-13,18-19,24-42H2,1-2,4-5H3/b16-14-,17-15-,22-20-,23-21-/t44-/m1/s1. The van der Waals surface area contributed by atoms with Gasteiger partial charge >= 0.3 is 11.9 Å². The number of allylic oxidation sites excluding steroid dienone is 9. The Balaban J connectivity index is 4.26. The average Bonchev–Trinajstić information content (AvgIpc) is 3.12. The molecule has 0 amide bonds. The monoisotopic (exact) mass is 728 g/mol. The van der Waals surface area contributed by atoms with Crippen molar-refractivity contribution < 1.29 is 23.8 Å². The minimum atomic E-state index is -0.635. The number of hydrogen-bond donors (Lipinski definition) is 0. The number of ether oxygens (including phenoxy) is 3. The molecule has 0 spiro atoms. The molecule has 6 nitrogen and oxygen atoms in total. The Labute approximate surface area is 321 Å². The van der Waals surface area contributed by atoms with Crippen molar-refractivity contribution in [2.24, 2.45) is 0 Å². The van der Waals surface area contributed by atoms with Crippen LogP contribution in [0.5, 0.6) is 0 Å². The molecule has 0 aromatic rings. The van der Waals surface area contributed by atoms with Crippen molar-refractivity contribution in [1.82, 2.24) is 4.90 Å². The summed E-state index contributed by atoms with van der Waals surface area (Å²) < 4.78 is 17.1. The molecule has 0 aliphatic rings. The van der Waals surface area contributed by atoms with Crippen LogP contribution in [0.2, 0.25) is 0 Å². The molecule has 0 aliphatic carbocycles. The van der Waals surface area contributed by atoms with Crippen LogP contribution in [0.4, 0.5) is 0 Å². The van der Waals surface area contributed by atoms with Crippen LogP contribution in [0.3, 0.4) is 0 Å². The van der Waals surface area contributed by atoms with Gasteiger partial charge in [-0.25, -0.2) is 0 Å². The highest BCUT2D eigenvalue weighted by molar-refractivity contribution is 5.70. The lowest BCUT2D eigenvalue weighted by atomic mass is 10.1. The van der Waals surface area contributed by atoms with Crippen molar-refractivity contribution in [1.29, 1.82) is 0 Å². The maximum Gasteiger partial charge on any atom is 0.306 e. The smallest absolute Gasteiger partial charge is 0.306 e. The molecule has 0 radical (unpaired) electrons. The van der Waals surface area contributed by atoms with E-state index in [9.17, 15) is 9.59 Å². The predicted molar refractivity (Wildman–Crippen MR) is 222 cm³/mol. The lowest BCUT2D eigenvalue weighted by Crippen LogP contribution is -2.30. The maximum absolute atomic E-state index is 12.7. The molecule has 0 unspecified atom stereocenters. The van der Waals surface area contributed by atoms with Crippen LogP contribution in [-0.4, -0.2) is 56.8 Å². The first-order valence-corrected chi connectivity index (χ1v) is 21.3. The summed E-state index contributed by atoms with van der Waals surface area (Å²) in [4.78, 5) is 27.0. The highest BCUT2D eigenvalue weighted by atomic mass is 16.6. The summed E-state index contributed by atoms with van der Waals surface area (Å²) in [5, 5.41) is 0. The summed E-state index contributed by atoms with van der Waals surface area (Å²) in [6, 6.07) is 0. The van der Waals surface area contributed by atoms with Gasteiger partial charge in [-0.3, -0.25) is 9.59 Å². The van der Waals surface area contributed by atoms with E-state index in [1.807, 2.05) is 19.0 Å². The van der Waals surface area contributed by atoms with E-state index in [1.165, 1.54) is 83.5 Å². The first-order valence-electron chi connectivity index (χ1n) is 21.3. The fourth-order valence-electron chi connectivity index (χ4n) is 5.66. The van der Waals surface area contributed by atoms with Crippen molar-refractivity contribution >= 4 is 11.9 Å². The summed E-state index contributed by atoms with van der Waals surface area (Å²) in [5.74, 6) is 0.153. The summed E-state index contributed by atoms with van der Waals surface area (Å²) in [6.45, 7) is 9.54. The summed E-state index contributed by atoms with van der Waals surface area (Å²) in [7, 11) is 3.96. The number of hydrogen-bond acceptors (Lipinski definition) is 6. The number of rotatable bonds is 38. The molecular formula is C46H81NO5. The fraction of sp³-hybridized carbons (Fsp3) is 0.739. The molecule has 0 aliphatic heterocycles. The van der Waals surface area contributed by atoms with Gasteiger partial charge in [0, 0.05) is 19.3 Å². The van der Waals surface area contributed by atoms with Gasteiger partial charge in [-0.1, -0.05) is 133 Å². The van der Waals surface area contributed by atoms with Gasteiger partial charge < -0.3 is 19.1 Å². The first kappa shape index (κ1) is 49.4. The molecule has 300 valence electrons. The number of esters is 2. The second kappa shape index (κ2) is 39.6. The third kappa shape index (κ3) is 38.6. The molecule has 0 rings (SSSR count). The zero-order chi connectivity index (χ0) is 38.2. The Morgan fingerprint density at radius 3 is 1.44 bits per heavy atom. The maximum atomic E-state index is 12.7. The highest BCUT2D eigenvalue weighted by Gasteiger charge is 2.18. The quantitative estimate of drug-likeness (QED) is 0.0273. The van der Waals surface area contributed by atoms with Gasteiger partial charge in [0.25, 0.3) is 0 Å². The van der Waals surface area contributed by atoms with Gasteiger partial charge in [-0.2, -0.15) is 0 Å². The molecule has 0 N–H and O–H groups in total. The molecule has 0 heterocycles. The Morgan fingerprint density at radius 2 is 0.942 bits per heavy atom. The van der Waals surface area contributed by atoms with E-state index in [2.05, 4.69) is 69.0 Å². The second-order valence-electron chi connectivity index (χ2n) is 14.5. The number of unbranched alkanes of at least 4 members (excludes halogenated alkanes) is 16. The van der Waals surface area contributed by atoms with E-state index in [0.29, 0.717) is 18.6 Å². The number of carbonyl (C=O) groups excluding carboxylic acids is 2. The molecule has 52 heavy (non-hydrogen) atoms. The van der Waals surface area contributed by atoms with Crippen LogP contribution < -0.4 is 0 Å². The summed E-state index contributed by atoms with van der Waals surface area (Å²) in [5.41, 5.74) is 0. The normalized spacial score (nSPS) is 12.6. The molecule has 0 aromatic carbocycles. The average molecular weight is 728 g/mol. The van der Waals surface area contributed by atoms with Crippen molar-refractivity contribution in [2.75, 3.05) is 33.9 Å². The van der Waals surface area contributed by atoms with E-state index in [0.717, 1.165) is 77.2 Å². The third-order valence-electron chi connectivity index (χ3n) is 8.93. The molecule has 1 atom stereocenters. The summed E-state index contributed by atoms with van der Waals surface area (Å²) >= 11 is 0. The molecule has 0 saturated carbocycles. The van der Waals surface area contributed by atoms with E-state index in [-0.39, 0.29) is 25.2 Å². The highest BCUT2D eigenvalue weighted by Crippen LogP contribution is 2.14. The third-order valence-corrected chi connectivity index (χ3v) is 8.93. The zero-order valence-electron chi connectivity index (χ0n) is 34.4. The van der Waals surface area contributed by atoms with Crippen LogP contribution in [0.15, 0.2) is 60.9 Å². The van der Waals surface area contributed by atoms with E-state index in [4.69, 9.17) is 14.2 Å². The van der Waals surface area contributed by atoms with Crippen LogP contribution in [0, 0.1) is 0 Å². The zero-order valence-corrected chi connectivity index (χ0v) is 34.4. The van der Waals surface area contributed by atoms with Gasteiger partial charge in [0.1, 0.15) is 13.2 Å². The Kier molecular flexibility index (Phi) is 37.6. The lowest BCUT2D eigenvalue weighted by molar-refractivity contribution is -0.162. The Bertz CT molecular complexity index is 950. The molecule has 0 fully saturated rings. The van der Waals surface area contributed by atoms with Crippen LogP contribution in [0.25, 0.3) is 0 Å². The number of carbonyl (C=O) groups is 2. The van der Waals surface area contributed by atoms with Gasteiger partial charge in [-0.05, 0) is 104 Å². The lowest BCUT2D eigenvalue weighted by Gasteiger charge is -2.20. The predicted octanol–water partition coefficient (Wildman–Crippen LogP) is 12.9. The van der Waals surface area contributed by atoms with E-state index in [1.54, 1.807) is 0 Å². The Hall–Kier alpha value is -2.60. The van der Waals surface area contributed by atoms with Crippen LogP contribution in [0.1, 0.15) is 181 Å². The van der Waals surface area contributed by atoms with E-state index >= 15 is 0 Å². The van der Waals surface area contributed by atoms with E-state index < -0.39 is 6.10 Å². The van der Waals surface area contributed by atoms with Crippen molar-refractivity contribution in [3.63, 3.8) is 0 Å². The minimum Gasteiger partial charge on any atom is -0.495 e. The van der Waals surface area contributed by atoms with Gasteiger partial charge in [0.15, 0.2) is 6.10 Å². The molecule has 0 bridgehead atoms. The first-order chi connectivity index (χ1) is 25.4. The topological polar surface area (TPSA) is 65.1 Å². The molecular weight excluding hydrogens is 647 g/mol. The largest absolute Gasteiger partial charge is 0.495 e. The summed E-state index contributed by atoms with van der Waals surface area (Å²) in [6.07, 6.45) is 45.5. The van der Waals surface area contributed by atoms with Gasteiger partial charge in [-0.15, -0.1) is 0 Å². The molecule has 6 heteroatoms. The fourth-order valence-corrected chi connectivity index (χ4v) is 5.66. The molecule has 0 aromatic heterocycles. The van der Waals surface area contributed by atoms with Gasteiger partial charge in [0.2, 0.25) is 0 Å². The van der Waals surface area contributed by atoms with Crippen molar-refractivity contribution in [3.8, 4) is 0 Å². The molecule has 0 saturated heterocycles. The second-order valence-corrected chi connectivity index (χ2v) is 14.5. The van der Waals surface area contributed by atoms with Crippen LogP contribution in [-0.2, 0) is 23.8 Å². The SMILES string of the molecule is C=C(CCCCCCC/C=C\C/C=C\CCCCC)OC[C@H](COC(=O)CCCN(C)C)OC(=O)CCCCCCC/C=C\C/C=C\CCCCC. The minimum absolute atomic E-state index is 0.00563. The van der Waals surface area contributed by atoms with Crippen LogP contribution >= 0.6 is 0 Å². The van der Waals surface area contributed by atoms with Gasteiger partial charge in [0.05, 0.1) is 5.76 Å². The Morgan fingerprint density at radius 1 is 0.519 bits per heavy atom. The van der Waals surface area contributed by atoms with Crippen molar-refractivity contribution in [3.05, 3.63) is 60.9 Å².